The fourth-order valence-corrected chi connectivity index (χ4v) is 2.48. The van der Waals surface area contributed by atoms with Crippen LogP contribution in [0, 0.1) is 6.92 Å². The van der Waals surface area contributed by atoms with Gasteiger partial charge in [-0.3, -0.25) is 0 Å². The highest BCUT2D eigenvalue weighted by Gasteiger charge is 2.44. The lowest BCUT2D eigenvalue weighted by atomic mass is 9.99. The summed E-state index contributed by atoms with van der Waals surface area (Å²) in [6, 6.07) is 1.90. The number of hydrogen-bond acceptors (Lipinski definition) is 4. The third-order valence-electron chi connectivity index (χ3n) is 3.62. The molecule has 0 aromatic carbocycles. The van der Waals surface area contributed by atoms with E-state index in [4.69, 9.17) is 0 Å². The molecule has 0 saturated carbocycles. The minimum Gasteiger partial charge on any atom is -0.480 e. The van der Waals surface area contributed by atoms with Crippen LogP contribution in [0.2, 0.25) is 0 Å². The van der Waals surface area contributed by atoms with E-state index < -0.39 is 11.5 Å². The number of carbonyl (C=O) groups is 1. The molecule has 0 spiro atoms. The molecule has 0 amide bonds. The number of nitrogens with zero attached hydrogens (tertiary/aromatic N) is 3. The molecular formula is C13H19N3O2. The Morgan fingerprint density at radius 1 is 1.56 bits per heavy atom. The van der Waals surface area contributed by atoms with Crippen molar-refractivity contribution in [1.82, 2.24) is 9.97 Å². The molecular weight excluding hydrogens is 230 g/mol. The average molecular weight is 249 g/mol. The quantitative estimate of drug-likeness (QED) is 0.884. The van der Waals surface area contributed by atoms with Crippen LogP contribution in [0.5, 0.6) is 0 Å². The first-order chi connectivity index (χ1) is 8.47. The van der Waals surface area contributed by atoms with Crippen molar-refractivity contribution in [2.24, 2.45) is 0 Å². The number of hydrogen-bond donors (Lipinski definition) is 1. The number of anilines is 1. The van der Waals surface area contributed by atoms with Crippen molar-refractivity contribution in [3.63, 3.8) is 0 Å². The minimum absolute atomic E-state index is 0.660. The maximum Gasteiger partial charge on any atom is 0.329 e. The highest BCUT2D eigenvalue weighted by Crippen LogP contribution is 2.33. The van der Waals surface area contributed by atoms with Gasteiger partial charge in [-0.1, -0.05) is 6.92 Å². The lowest BCUT2D eigenvalue weighted by Crippen LogP contribution is -2.48. The third-order valence-corrected chi connectivity index (χ3v) is 3.62. The molecule has 1 aromatic rings. The molecule has 2 heterocycles. The second-order valence-electron chi connectivity index (χ2n) is 4.95. The molecule has 1 aromatic heterocycles. The number of carboxylic acids is 1. The van der Waals surface area contributed by atoms with Crippen molar-refractivity contribution in [3.8, 4) is 0 Å². The maximum atomic E-state index is 11.5. The van der Waals surface area contributed by atoms with Gasteiger partial charge in [-0.2, -0.15) is 0 Å². The molecule has 5 nitrogen and oxygen atoms in total. The van der Waals surface area contributed by atoms with Crippen LogP contribution < -0.4 is 4.90 Å². The second kappa shape index (κ2) is 4.55. The van der Waals surface area contributed by atoms with Gasteiger partial charge in [0.15, 0.2) is 0 Å². The summed E-state index contributed by atoms with van der Waals surface area (Å²) in [5, 5.41) is 9.41. The molecule has 1 aliphatic rings. The molecule has 18 heavy (non-hydrogen) atoms. The molecule has 0 radical (unpaired) electrons. The predicted molar refractivity (Wildman–Crippen MR) is 68.8 cm³/mol. The van der Waals surface area contributed by atoms with E-state index in [1.807, 2.05) is 24.8 Å². The Bertz CT molecular complexity index is 475. The maximum absolute atomic E-state index is 11.5. The predicted octanol–water partition coefficient (Wildman–Crippen LogP) is 1.79. The zero-order valence-corrected chi connectivity index (χ0v) is 11.1. The van der Waals surface area contributed by atoms with Crippen molar-refractivity contribution in [2.75, 3.05) is 11.4 Å². The molecule has 0 bridgehead atoms. The van der Waals surface area contributed by atoms with Gasteiger partial charge >= 0.3 is 5.97 Å². The number of rotatable bonds is 3. The highest BCUT2D eigenvalue weighted by molar-refractivity contribution is 5.83. The minimum atomic E-state index is -0.841. The van der Waals surface area contributed by atoms with Gasteiger partial charge in [-0.05, 0) is 33.1 Å². The number of aliphatic carboxylic acids is 1. The van der Waals surface area contributed by atoms with E-state index in [9.17, 15) is 9.90 Å². The van der Waals surface area contributed by atoms with Gasteiger partial charge in [0.05, 0.1) is 0 Å². The molecule has 1 N–H and O–H groups in total. The van der Waals surface area contributed by atoms with Crippen LogP contribution in [0.3, 0.4) is 0 Å². The van der Waals surface area contributed by atoms with Gasteiger partial charge in [-0.15, -0.1) is 0 Å². The molecule has 1 aliphatic heterocycles. The molecule has 2 rings (SSSR count). The van der Waals surface area contributed by atoms with E-state index in [1.54, 1.807) is 6.92 Å². The lowest BCUT2D eigenvalue weighted by Gasteiger charge is -2.32. The summed E-state index contributed by atoms with van der Waals surface area (Å²) >= 11 is 0. The van der Waals surface area contributed by atoms with E-state index in [0.29, 0.717) is 12.2 Å². The normalized spacial score (nSPS) is 23.4. The van der Waals surface area contributed by atoms with Crippen LogP contribution in [0.1, 0.15) is 38.2 Å². The Labute approximate surface area is 107 Å². The average Bonchev–Trinajstić information content (AvgIpc) is 2.72. The highest BCUT2D eigenvalue weighted by atomic mass is 16.4. The lowest BCUT2D eigenvalue weighted by molar-refractivity contribution is -0.142. The van der Waals surface area contributed by atoms with E-state index >= 15 is 0 Å². The summed E-state index contributed by atoms with van der Waals surface area (Å²) < 4.78 is 0. The van der Waals surface area contributed by atoms with Crippen molar-refractivity contribution in [3.05, 3.63) is 17.6 Å². The Morgan fingerprint density at radius 2 is 2.28 bits per heavy atom. The number of carboxylic acid groups (broad SMARTS) is 1. The Kier molecular flexibility index (Phi) is 3.24. The molecule has 1 unspecified atom stereocenters. The monoisotopic (exact) mass is 249 g/mol. The molecule has 98 valence electrons. The van der Waals surface area contributed by atoms with Crippen LogP contribution in [0.25, 0.3) is 0 Å². The summed E-state index contributed by atoms with van der Waals surface area (Å²) in [6.45, 7) is 6.39. The van der Waals surface area contributed by atoms with Gasteiger partial charge in [0.2, 0.25) is 0 Å². The standard InChI is InChI=1S/C13H19N3O2/c1-4-10-8-11(15-9(2)14-10)16-7-5-6-13(16,3)12(17)18/h8H,4-7H2,1-3H3,(H,17,18). The fourth-order valence-electron chi connectivity index (χ4n) is 2.48. The zero-order valence-electron chi connectivity index (χ0n) is 11.1. The van der Waals surface area contributed by atoms with Crippen LogP contribution >= 0.6 is 0 Å². The van der Waals surface area contributed by atoms with Crippen molar-refractivity contribution in [2.45, 2.75) is 45.6 Å². The van der Waals surface area contributed by atoms with Crippen LogP contribution in [0.15, 0.2) is 6.07 Å². The van der Waals surface area contributed by atoms with Gasteiger partial charge in [0, 0.05) is 18.3 Å². The van der Waals surface area contributed by atoms with Gasteiger partial charge in [0.25, 0.3) is 0 Å². The van der Waals surface area contributed by atoms with E-state index in [0.717, 1.165) is 30.9 Å². The molecule has 0 aliphatic carbocycles. The Morgan fingerprint density at radius 3 is 2.89 bits per heavy atom. The molecule has 1 saturated heterocycles. The molecule has 1 atom stereocenters. The topological polar surface area (TPSA) is 66.3 Å². The third kappa shape index (κ3) is 2.05. The summed E-state index contributed by atoms with van der Waals surface area (Å²) in [7, 11) is 0. The molecule has 1 fully saturated rings. The van der Waals surface area contributed by atoms with E-state index in [-0.39, 0.29) is 0 Å². The number of aromatic nitrogens is 2. The smallest absolute Gasteiger partial charge is 0.329 e. The molecule has 5 heteroatoms. The number of aryl methyl sites for hydroxylation is 2. The Balaban J connectivity index is 2.42. The van der Waals surface area contributed by atoms with Crippen LogP contribution in [-0.2, 0) is 11.2 Å². The fraction of sp³-hybridized carbons (Fsp3) is 0.615. The van der Waals surface area contributed by atoms with Crippen LogP contribution in [0.4, 0.5) is 5.82 Å². The first kappa shape index (κ1) is 12.8. The Hall–Kier alpha value is -1.65. The summed E-state index contributed by atoms with van der Waals surface area (Å²) in [4.78, 5) is 22.1. The van der Waals surface area contributed by atoms with Gasteiger partial charge in [0.1, 0.15) is 17.2 Å². The van der Waals surface area contributed by atoms with E-state index in [2.05, 4.69) is 9.97 Å². The second-order valence-corrected chi connectivity index (χ2v) is 4.95. The van der Waals surface area contributed by atoms with E-state index in [1.165, 1.54) is 0 Å². The summed E-state index contributed by atoms with van der Waals surface area (Å²) in [6.07, 6.45) is 2.37. The van der Waals surface area contributed by atoms with Gasteiger partial charge in [-0.25, -0.2) is 14.8 Å². The first-order valence-electron chi connectivity index (χ1n) is 6.33. The zero-order chi connectivity index (χ0) is 13.3. The van der Waals surface area contributed by atoms with Crippen molar-refractivity contribution >= 4 is 11.8 Å². The summed E-state index contributed by atoms with van der Waals surface area (Å²) in [5.41, 5.74) is 0.114. The first-order valence-corrected chi connectivity index (χ1v) is 6.33. The summed E-state index contributed by atoms with van der Waals surface area (Å²) in [5.74, 6) is 0.653. The van der Waals surface area contributed by atoms with Gasteiger partial charge < -0.3 is 10.0 Å². The van der Waals surface area contributed by atoms with Crippen molar-refractivity contribution < 1.29 is 9.90 Å². The van der Waals surface area contributed by atoms with Crippen LogP contribution in [-0.4, -0.2) is 33.1 Å². The largest absolute Gasteiger partial charge is 0.480 e. The SMILES string of the molecule is CCc1cc(N2CCCC2(C)C(=O)O)nc(C)n1. The van der Waals surface area contributed by atoms with Crippen molar-refractivity contribution in [1.29, 1.82) is 0 Å².